The van der Waals surface area contributed by atoms with E-state index in [-0.39, 0.29) is 18.5 Å². The van der Waals surface area contributed by atoms with Crippen LogP contribution in [0.15, 0.2) is 36.5 Å². The first-order valence-electron chi connectivity index (χ1n) is 35.3. The zero-order chi connectivity index (χ0) is 59.5. The van der Waals surface area contributed by atoms with E-state index in [0.29, 0.717) is 19.4 Å². The second kappa shape index (κ2) is 60.6. The summed E-state index contributed by atoms with van der Waals surface area (Å²) in [5, 5.41) is 54.4. The van der Waals surface area contributed by atoms with Gasteiger partial charge in [-0.2, -0.15) is 0 Å². The zero-order valence-electron chi connectivity index (χ0n) is 53.5. The van der Waals surface area contributed by atoms with E-state index < -0.39 is 49.5 Å². The van der Waals surface area contributed by atoms with E-state index in [1.54, 1.807) is 6.08 Å². The lowest BCUT2D eigenvalue weighted by Gasteiger charge is -2.40. The lowest BCUT2D eigenvalue weighted by Crippen LogP contribution is -2.60. The van der Waals surface area contributed by atoms with Gasteiger partial charge in [0.25, 0.3) is 0 Å². The molecular weight excluding hydrogens is 1030 g/mol. The summed E-state index contributed by atoms with van der Waals surface area (Å²) in [4.78, 5) is 25.1. The molecule has 0 aromatic heterocycles. The van der Waals surface area contributed by atoms with E-state index >= 15 is 0 Å². The maximum Gasteiger partial charge on any atom is 0.305 e. The second-order valence-electron chi connectivity index (χ2n) is 24.6. The van der Waals surface area contributed by atoms with Crippen LogP contribution >= 0.6 is 0 Å². The molecule has 1 rings (SSSR count). The molecule has 1 fully saturated rings. The maximum atomic E-state index is 13.0. The van der Waals surface area contributed by atoms with Gasteiger partial charge in [0.1, 0.15) is 24.4 Å². The Bertz CT molecular complexity index is 1460. The number of nitrogens with one attached hydrogen (secondary N) is 1. The standard InChI is InChI=1S/C71H133NO10/c1-3-5-7-9-11-13-15-38-41-45-49-53-57-64(74)63(62-81-71-70(79)69(78)68(77)65(61-73)82-71)72-66(75)58-54-50-46-42-39-35-33-31-29-27-25-23-21-19-17-16-18-20-22-24-26-28-30-32-34-36-40-44-48-52-56-60-80-67(76)59-55-51-47-43-37-14-12-10-8-6-4-2/h9,11,38,41,53,57,63-65,68-71,73-74,77-79H,3-8,10,12-37,39-40,42-52,54-56,58-62H2,1-2H3,(H,72,75)/b11-9+,41-38+,57-53+. The van der Waals surface area contributed by atoms with E-state index in [9.17, 15) is 35.1 Å². The van der Waals surface area contributed by atoms with Crippen LogP contribution in [-0.2, 0) is 23.8 Å². The molecule has 0 aliphatic carbocycles. The fourth-order valence-electron chi connectivity index (χ4n) is 11.2. The number of hydrogen-bond acceptors (Lipinski definition) is 10. The Balaban J connectivity index is 1.95. The Kier molecular flexibility index (Phi) is 57.5. The molecule has 482 valence electrons. The first-order chi connectivity index (χ1) is 40.2. The number of ether oxygens (including phenoxy) is 3. The van der Waals surface area contributed by atoms with Crippen LogP contribution in [0.1, 0.15) is 341 Å². The van der Waals surface area contributed by atoms with Gasteiger partial charge in [-0.25, -0.2) is 0 Å². The van der Waals surface area contributed by atoms with Crippen molar-refractivity contribution in [2.24, 2.45) is 0 Å². The molecule has 7 atom stereocenters. The molecule has 0 radical (unpaired) electrons. The maximum absolute atomic E-state index is 13.0. The summed E-state index contributed by atoms with van der Waals surface area (Å²) < 4.78 is 16.7. The quantitative estimate of drug-likeness (QED) is 0.0195. The van der Waals surface area contributed by atoms with Gasteiger partial charge >= 0.3 is 5.97 Å². The molecule has 0 aromatic carbocycles. The Hall–Kier alpha value is -2.12. The van der Waals surface area contributed by atoms with Crippen molar-refractivity contribution in [2.75, 3.05) is 19.8 Å². The molecule has 1 amide bonds. The van der Waals surface area contributed by atoms with Crippen molar-refractivity contribution in [2.45, 2.75) is 384 Å². The predicted octanol–water partition coefficient (Wildman–Crippen LogP) is 17.8. The molecule has 1 aliphatic rings. The molecule has 7 unspecified atom stereocenters. The van der Waals surface area contributed by atoms with Crippen LogP contribution in [-0.4, -0.2) is 100 Å². The van der Waals surface area contributed by atoms with Gasteiger partial charge in [-0.15, -0.1) is 0 Å². The molecule has 82 heavy (non-hydrogen) atoms. The average Bonchev–Trinajstić information content (AvgIpc) is 3.68. The van der Waals surface area contributed by atoms with E-state index in [0.717, 1.165) is 64.2 Å². The number of aliphatic hydroxyl groups is 5. The van der Waals surface area contributed by atoms with Crippen molar-refractivity contribution in [1.82, 2.24) is 5.32 Å². The molecule has 1 aliphatic heterocycles. The van der Waals surface area contributed by atoms with Crippen LogP contribution in [0.3, 0.4) is 0 Å². The fraction of sp³-hybridized carbons (Fsp3) is 0.887. The summed E-state index contributed by atoms with van der Waals surface area (Å²) in [6.45, 7) is 4.31. The van der Waals surface area contributed by atoms with Crippen LogP contribution in [0.25, 0.3) is 0 Å². The lowest BCUT2D eigenvalue weighted by molar-refractivity contribution is -0.302. The van der Waals surface area contributed by atoms with Crippen molar-refractivity contribution >= 4 is 11.9 Å². The monoisotopic (exact) mass is 1160 g/mol. The summed E-state index contributed by atoms with van der Waals surface area (Å²) in [6.07, 6.45) is 67.2. The minimum atomic E-state index is -1.58. The van der Waals surface area contributed by atoms with E-state index in [1.165, 1.54) is 250 Å². The fourth-order valence-corrected chi connectivity index (χ4v) is 11.2. The molecule has 0 aromatic rings. The highest BCUT2D eigenvalue weighted by molar-refractivity contribution is 5.76. The number of rotatable bonds is 62. The van der Waals surface area contributed by atoms with Crippen LogP contribution in [0.4, 0.5) is 0 Å². The SMILES string of the molecule is CCCC/C=C/CC/C=C/CC/C=C/C(O)C(COC1OC(CO)C(O)C(O)C1O)NC(=O)CCCCCCCCCCCCCCCCCCCCCCCCCCCCCCCCCOC(=O)CCCCCCCCCCCCC. The number of carbonyl (C=O) groups excluding carboxylic acids is 2. The molecule has 0 bridgehead atoms. The summed E-state index contributed by atoms with van der Waals surface area (Å²) in [5.74, 6) is -0.180. The minimum absolute atomic E-state index is 0.0123. The van der Waals surface area contributed by atoms with Gasteiger partial charge in [-0.1, -0.05) is 314 Å². The zero-order valence-corrected chi connectivity index (χ0v) is 53.5. The van der Waals surface area contributed by atoms with Crippen molar-refractivity contribution in [3.63, 3.8) is 0 Å². The van der Waals surface area contributed by atoms with Gasteiger partial charge in [-0.05, 0) is 51.4 Å². The number of amides is 1. The van der Waals surface area contributed by atoms with Crippen molar-refractivity contribution in [3.05, 3.63) is 36.5 Å². The number of unbranched alkanes of at least 4 members (excludes halogenated alkanes) is 44. The minimum Gasteiger partial charge on any atom is -0.466 e. The Morgan fingerprint density at radius 2 is 0.793 bits per heavy atom. The average molecular weight is 1160 g/mol. The topological polar surface area (TPSA) is 175 Å². The first kappa shape index (κ1) is 77.9. The summed E-state index contributed by atoms with van der Waals surface area (Å²) in [7, 11) is 0. The second-order valence-corrected chi connectivity index (χ2v) is 24.6. The van der Waals surface area contributed by atoms with Gasteiger partial charge in [0.15, 0.2) is 6.29 Å². The van der Waals surface area contributed by atoms with Crippen molar-refractivity contribution in [1.29, 1.82) is 0 Å². The third kappa shape index (κ3) is 49.0. The molecule has 11 heteroatoms. The van der Waals surface area contributed by atoms with E-state index in [1.807, 2.05) is 6.08 Å². The number of carbonyl (C=O) groups is 2. The van der Waals surface area contributed by atoms with Gasteiger partial charge < -0.3 is 45.1 Å². The van der Waals surface area contributed by atoms with Crippen LogP contribution in [0.5, 0.6) is 0 Å². The van der Waals surface area contributed by atoms with Gasteiger partial charge in [-0.3, -0.25) is 9.59 Å². The Labute approximate surface area is 504 Å². The van der Waals surface area contributed by atoms with Gasteiger partial charge in [0.05, 0.1) is 32.0 Å². The van der Waals surface area contributed by atoms with Crippen LogP contribution < -0.4 is 5.32 Å². The van der Waals surface area contributed by atoms with Crippen molar-refractivity contribution in [3.8, 4) is 0 Å². The van der Waals surface area contributed by atoms with E-state index in [2.05, 4.69) is 43.5 Å². The summed E-state index contributed by atoms with van der Waals surface area (Å²) in [6, 6.07) is -0.831. The number of esters is 1. The largest absolute Gasteiger partial charge is 0.466 e. The lowest BCUT2D eigenvalue weighted by atomic mass is 9.99. The van der Waals surface area contributed by atoms with Gasteiger partial charge in [0, 0.05) is 12.8 Å². The smallest absolute Gasteiger partial charge is 0.305 e. The summed E-state index contributed by atoms with van der Waals surface area (Å²) in [5.41, 5.74) is 0. The number of aliphatic hydroxyl groups excluding tert-OH is 5. The Morgan fingerprint density at radius 1 is 0.439 bits per heavy atom. The molecule has 0 saturated carbocycles. The molecule has 1 heterocycles. The summed E-state index contributed by atoms with van der Waals surface area (Å²) >= 11 is 0. The molecule has 1 saturated heterocycles. The van der Waals surface area contributed by atoms with Crippen LogP contribution in [0, 0.1) is 0 Å². The number of allylic oxidation sites excluding steroid dienone is 5. The van der Waals surface area contributed by atoms with Gasteiger partial charge in [0.2, 0.25) is 5.91 Å². The van der Waals surface area contributed by atoms with Crippen molar-refractivity contribution < 1.29 is 49.3 Å². The first-order valence-corrected chi connectivity index (χ1v) is 35.3. The molecule has 6 N–H and O–H groups in total. The van der Waals surface area contributed by atoms with Crippen LogP contribution in [0.2, 0.25) is 0 Å². The highest BCUT2D eigenvalue weighted by Gasteiger charge is 2.44. The highest BCUT2D eigenvalue weighted by Crippen LogP contribution is 2.23. The number of hydrogen-bond donors (Lipinski definition) is 6. The molecule has 11 nitrogen and oxygen atoms in total. The highest BCUT2D eigenvalue weighted by atomic mass is 16.7. The third-order valence-corrected chi connectivity index (χ3v) is 16.7. The Morgan fingerprint density at radius 3 is 1.20 bits per heavy atom. The third-order valence-electron chi connectivity index (χ3n) is 16.7. The predicted molar refractivity (Wildman–Crippen MR) is 343 cm³/mol. The van der Waals surface area contributed by atoms with E-state index in [4.69, 9.17) is 14.2 Å². The normalized spacial score (nSPS) is 18.4. The molecular formula is C71H133NO10. The molecule has 0 spiro atoms.